The van der Waals surface area contributed by atoms with E-state index in [-0.39, 0.29) is 0 Å². The lowest BCUT2D eigenvalue weighted by atomic mass is 10.2. The number of hydrogen-bond donors (Lipinski definition) is 2. The second kappa shape index (κ2) is 7.94. The number of methoxy groups -OCH3 is 2. The van der Waals surface area contributed by atoms with E-state index in [0.717, 1.165) is 5.56 Å². The van der Waals surface area contributed by atoms with Gasteiger partial charge < -0.3 is 14.8 Å². The predicted octanol–water partition coefficient (Wildman–Crippen LogP) is 2.42. The zero-order chi connectivity index (χ0) is 15.8. The molecule has 0 amide bonds. The smallest absolute Gasteiger partial charge is 0.192 e. The SMILES string of the molecule is COc1ccc(/C=N/NC(=S)Nc2ccccn2)cc1OC. The fourth-order valence-corrected chi connectivity index (χ4v) is 1.84. The summed E-state index contributed by atoms with van der Waals surface area (Å²) < 4.78 is 10.4. The maximum absolute atomic E-state index is 5.23. The zero-order valence-electron chi connectivity index (χ0n) is 12.2. The number of hydrazone groups is 1. The highest BCUT2D eigenvalue weighted by atomic mass is 32.1. The lowest BCUT2D eigenvalue weighted by Gasteiger charge is -2.08. The third-order valence-corrected chi connectivity index (χ3v) is 2.89. The summed E-state index contributed by atoms with van der Waals surface area (Å²) >= 11 is 5.12. The molecular formula is C15H16N4O2S. The Bertz CT molecular complexity index is 662. The first-order valence-electron chi connectivity index (χ1n) is 6.46. The van der Waals surface area contributed by atoms with Crippen molar-refractivity contribution in [3.63, 3.8) is 0 Å². The molecule has 2 N–H and O–H groups in total. The van der Waals surface area contributed by atoms with Crippen LogP contribution in [0.1, 0.15) is 5.56 Å². The second-order valence-corrected chi connectivity index (χ2v) is 4.56. The van der Waals surface area contributed by atoms with Gasteiger partial charge in [0.05, 0.1) is 20.4 Å². The Balaban J connectivity index is 1.93. The van der Waals surface area contributed by atoms with E-state index in [2.05, 4.69) is 20.8 Å². The molecule has 22 heavy (non-hydrogen) atoms. The van der Waals surface area contributed by atoms with Crippen LogP contribution in [-0.2, 0) is 0 Å². The summed E-state index contributed by atoms with van der Waals surface area (Å²) in [5.41, 5.74) is 3.58. The van der Waals surface area contributed by atoms with Gasteiger partial charge in [-0.05, 0) is 48.1 Å². The third kappa shape index (κ3) is 4.42. The van der Waals surface area contributed by atoms with E-state index in [4.69, 9.17) is 21.7 Å². The Kier molecular flexibility index (Phi) is 5.67. The summed E-state index contributed by atoms with van der Waals surface area (Å²) in [6, 6.07) is 11.0. The Hall–Kier alpha value is -2.67. The van der Waals surface area contributed by atoms with Gasteiger partial charge in [-0.25, -0.2) is 4.98 Å². The van der Waals surface area contributed by atoms with Gasteiger partial charge >= 0.3 is 0 Å². The molecule has 0 fully saturated rings. The van der Waals surface area contributed by atoms with Crippen molar-refractivity contribution in [3.05, 3.63) is 48.2 Å². The molecule has 0 spiro atoms. The van der Waals surface area contributed by atoms with Gasteiger partial charge in [-0.2, -0.15) is 5.10 Å². The summed E-state index contributed by atoms with van der Waals surface area (Å²) in [6.07, 6.45) is 3.31. The van der Waals surface area contributed by atoms with Crippen LogP contribution in [-0.4, -0.2) is 30.5 Å². The van der Waals surface area contributed by atoms with Crippen LogP contribution in [0.25, 0.3) is 0 Å². The molecule has 0 atom stereocenters. The van der Waals surface area contributed by atoms with Gasteiger partial charge in [-0.15, -0.1) is 0 Å². The van der Waals surface area contributed by atoms with E-state index in [0.29, 0.717) is 22.4 Å². The van der Waals surface area contributed by atoms with Crippen LogP contribution in [0.15, 0.2) is 47.7 Å². The van der Waals surface area contributed by atoms with Crippen LogP contribution in [0.4, 0.5) is 5.82 Å². The first-order chi connectivity index (χ1) is 10.7. The van der Waals surface area contributed by atoms with Crippen molar-refractivity contribution in [3.8, 4) is 11.5 Å². The molecule has 1 aromatic heterocycles. The van der Waals surface area contributed by atoms with E-state index >= 15 is 0 Å². The van der Waals surface area contributed by atoms with E-state index in [1.807, 2.05) is 36.4 Å². The van der Waals surface area contributed by atoms with E-state index in [1.54, 1.807) is 26.6 Å². The van der Waals surface area contributed by atoms with Crippen molar-refractivity contribution in [2.75, 3.05) is 19.5 Å². The van der Waals surface area contributed by atoms with Gasteiger partial charge in [0.15, 0.2) is 16.6 Å². The van der Waals surface area contributed by atoms with E-state index in [1.165, 1.54) is 0 Å². The highest BCUT2D eigenvalue weighted by Crippen LogP contribution is 2.26. The molecule has 114 valence electrons. The summed E-state index contributed by atoms with van der Waals surface area (Å²) in [7, 11) is 3.18. The van der Waals surface area contributed by atoms with Crippen molar-refractivity contribution >= 4 is 29.4 Å². The zero-order valence-corrected chi connectivity index (χ0v) is 13.1. The van der Waals surface area contributed by atoms with Gasteiger partial charge in [0.2, 0.25) is 0 Å². The lowest BCUT2D eigenvalue weighted by molar-refractivity contribution is 0.355. The number of rotatable bonds is 5. The molecule has 0 saturated carbocycles. The van der Waals surface area contributed by atoms with Crippen molar-refractivity contribution in [2.24, 2.45) is 5.10 Å². The summed E-state index contributed by atoms with van der Waals surface area (Å²) in [4.78, 5) is 4.11. The minimum Gasteiger partial charge on any atom is -0.493 e. The number of aromatic nitrogens is 1. The Morgan fingerprint density at radius 2 is 2.00 bits per heavy atom. The number of benzene rings is 1. The predicted molar refractivity (Wildman–Crippen MR) is 90.7 cm³/mol. The Labute approximate surface area is 134 Å². The summed E-state index contributed by atoms with van der Waals surface area (Å²) in [5.74, 6) is 1.96. The number of hydrogen-bond acceptors (Lipinski definition) is 5. The van der Waals surface area contributed by atoms with Crippen LogP contribution in [0, 0.1) is 0 Å². The average molecular weight is 316 g/mol. The molecule has 0 aliphatic rings. The topological polar surface area (TPSA) is 67.8 Å². The molecule has 0 unspecified atom stereocenters. The molecule has 0 bridgehead atoms. The van der Waals surface area contributed by atoms with Crippen molar-refractivity contribution < 1.29 is 9.47 Å². The number of thiocarbonyl (C=S) groups is 1. The number of ether oxygens (including phenoxy) is 2. The van der Waals surface area contributed by atoms with E-state index < -0.39 is 0 Å². The molecule has 0 radical (unpaired) electrons. The molecule has 0 aliphatic carbocycles. The third-order valence-electron chi connectivity index (χ3n) is 2.69. The second-order valence-electron chi connectivity index (χ2n) is 4.15. The van der Waals surface area contributed by atoms with Gasteiger partial charge in [0.1, 0.15) is 5.82 Å². The molecule has 7 heteroatoms. The molecular weight excluding hydrogens is 300 g/mol. The van der Waals surface area contributed by atoms with Crippen LogP contribution in [0.3, 0.4) is 0 Å². The van der Waals surface area contributed by atoms with Crippen molar-refractivity contribution in [1.29, 1.82) is 0 Å². The molecule has 2 aromatic rings. The Morgan fingerprint density at radius 3 is 2.68 bits per heavy atom. The number of anilines is 1. The average Bonchev–Trinajstić information content (AvgIpc) is 2.55. The number of nitrogens with one attached hydrogen (secondary N) is 2. The highest BCUT2D eigenvalue weighted by molar-refractivity contribution is 7.80. The normalized spacial score (nSPS) is 10.3. The minimum absolute atomic E-state index is 0.357. The quantitative estimate of drug-likeness (QED) is 0.502. The monoisotopic (exact) mass is 316 g/mol. The van der Waals surface area contributed by atoms with Crippen LogP contribution in [0.5, 0.6) is 11.5 Å². The lowest BCUT2D eigenvalue weighted by Crippen LogP contribution is -2.24. The maximum atomic E-state index is 5.23. The maximum Gasteiger partial charge on any atom is 0.192 e. The van der Waals surface area contributed by atoms with Crippen LogP contribution < -0.4 is 20.2 Å². The molecule has 2 rings (SSSR count). The van der Waals surface area contributed by atoms with Gasteiger partial charge in [0, 0.05) is 6.20 Å². The minimum atomic E-state index is 0.357. The van der Waals surface area contributed by atoms with Gasteiger partial charge in [0.25, 0.3) is 0 Å². The molecule has 0 saturated heterocycles. The first kappa shape index (κ1) is 15.7. The first-order valence-corrected chi connectivity index (χ1v) is 6.87. The largest absolute Gasteiger partial charge is 0.493 e. The molecule has 0 aliphatic heterocycles. The van der Waals surface area contributed by atoms with Crippen LogP contribution in [0.2, 0.25) is 0 Å². The highest BCUT2D eigenvalue weighted by Gasteiger charge is 2.03. The fourth-order valence-electron chi connectivity index (χ4n) is 1.68. The van der Waals surface area contributed by atoms with Crippen LogP contribution >= 0.6 is 12.2 Å². The number of nitrogens with zero attached hydrogens (tertiary/aromatic N) is 2. The van der Waals surface area contributed by atoms with Crippen molar-refractivity contribution in [2.45, 2.75) is 0 Å². The molecule has 1 aromatic carbocycles. The van der Waals surface area contributed by atoms with Gasteiger partial charge in [-0.3, -0.25) is 5.43 Å². The van der Waals surface area contributed by atoms with E-state index in [9.17, 15) is 0 Å². The standard InChI is InChI=1S/C15H16N4O2S/c1-20-12-7-6-11(9-13(12)21-2)10-17-19-15(22)18-14-5-3-4-8-16-14/h3-10H,1-2H3,(H2,16,18,19,22)/b17-10+. The summed E-state index contributed by atoms with van der Waals surface area (Å²) in [5, 5.41) is 7.34. The fraction of sp³-hybridized carbons (Fsp3) is 0.133. The van der Waals surface area contributed by atoms with Crippen molar-refractivity contribution in [1.82, 2.24) is 10.4 Å². The molecule has 1 heterocycles. The molecule has 6 nitrogen and oxygen atoms in total. The van der Waals surface area contributed by atoms with Gasteiger partial charge in [-0.1, -0.05) is 6.07 Å². The Morgan fingerprint density at radius 1 is 1.18 bits per heavy atom. The number of pyridine rings is 1. The summed E-state index contributed by atoms with van der Waals surface area (Å²) in [6.45, 7) is 0.